The molecule has 0 aliphatic heterocycles. The van der Waals surface area contributed by atoms with Crippen LogP contribution in [-0.2, 0) is 14.3 Å². The second-order valence-corrected chi connectivity index (χ2v) is 22.5. The third-order valence-electron chi connectivity index (χ3n) is 15.2. The van der Waals surface area contributed by atoms with Crippen molar-refractivity contribution < 1.29 is 24.5 Å². The van der Waals surface area contributed by atoms with E-state index in [1.807, 2.05) is 6.08 Å². The largest absolute Gasteiger partial charge is 0.466 e. The fraction of sp³-hybridized carbons (Fsp3) is 0.909. The molecular formula is C66H127NO5. The van der Waals surface area contributed by atoms with Crippen LogP contribution in [0.2, 0.25) is 0 Å². The molecule has 0 heterocycles. The summed E-state index contributed by atoms with van der Waals surface area (Å²) in [5.74, 6) is -0.0577. The molecule has 1 amide bonds. The van der Waals surface area contributed by atoms with Gasteiger partial charge in [0.25, 0.3) is 0 Å². The van der Waals surface area contributed by atoms with Crippen molar-refractivity contribution in [3.8, 4) is 0 Å². The molecule has 0 aromatic carbocycles. The van der Waals surface area contributed by atoms with Crippen LogP contribution in [-0.4, -0.2) is 47.4 Å². The number of rotatable bonds is 61. The van der Waals surface area contributed by atoms with E-state index in [-0.39, 0.29) is 18.5 Å². The van der Waals surface area contributed by atoms with Crippen LogP contribution in [0.1, 0.15) is 361 Å². The molecule has 2 atom stereocenters. The Morgan fingerprint density at radius 2 is 0.653 bits per heavy atom. The zero-order valence-corrected chi connectivity index (χ0v) is 48.7. The summed E-state index contributed by atoms with van der Waals surface area (Å²) in [6.45, 7) is 4.93. The third kappa shape index (κ3) is 57.6. The lowest BCUT2D eigenvalue weighted by Gasteiger charge is -2.20. The van der Waals surface area contributed by atoms with Crippen LogP contribution in [0.3, 0.4) is 0 Å². The number of aliphatic hydroxyl groups is 2. The number of allylic oxidation sites excluding steroid dienone is 3. The maximum absolute atomic E-state index is 12.5. The molecular weight excluding hydrogens is 887 g/mol. The van der Waals surface area contributed by atoms with Gasteiger partial charge in [0.05, 0.1) is 25.4 Å². The first-order valence-electron chi connectivity index (χ1n) is 32.6. The van der Waals surface area contributed by atoms with Crippen molar-refractivity contribution >= 4 is 11.9 Å². The molecule has 0 aliphatic rings. The highest BCUT2D eigenvalue weighted by molar-refractivity contribution is 5.76. The summed E-state index contributed by atoms with van der Waals surface area (Å²) in [6.07, 6.45) is 76.6. The number of amides is 1. The number of nitrogens with one attached hydrogen (secondary N) is 1. The zero-order valence-electron chi connectivity index (χ0n) is 48.7. The lowest BCUT2D eigenvalue weighted by molar-refractivity contribution is -0.143. The number of carbonyl (C=O) groups is 2. The number of carbonyl (C=O) groups excluding carboxylic acids is 2. The molecule has 0 saturated heterocycles. The van der Waals surface area contributed by atoms with Crippen LogP contribution in [0, 0.1) is 0 Å². The van der Waals surface area contributed by atoms with Crippen molar-refractivity contribution in [2.75, 3.05) is 13.2 Å². The van der Waals surface area contributed by atoms with E-state index in [9.17, 15) is 19.8 Å². The summed E-state index contributed by atoms with van der Waals surface area (Å²) in [7, 11) is 0. The van der Waals surface area contributed by atoms with Gasteiger partial charge in [-0.15, -0.1) is 0 Å². The van der Waals surface area contributed by atoms with Gasteiger partial charge in [-0.25, -0.2) is 0 Å². The molecule has 0 radical (unpaired) electrons. The van der Waals surface area contributed by atoms with Gasteiger partial charge in [-0.3, -0.25) is 9.59 Å². The van der Waals surface area contributed by atoms with Crippen LogP contribution in [0.15, 0.2) is 24.3 Å². The lowest BCUT2D eigenvalue weighted by Crippen LogP contribution is -2.45. The van der Waals surface area contributed by atoms with Crippen molar-refractivity contribution in [2.45, 2.75) is 373 Å². The Bertz CT molecular complexity index is 1120. The highest BCUT2D eigenvalue weighted by Crippen LogP contribution is 2.18. The average Bonchev–Trinajstić information content (AvgIpc) is 3.38. The van der Waals surface area contributed by atoms with E-state index in [0.717, 1.165) is 44.9 Å². The van der Waals surface area contributed by atoms with Gasteiger partial charge >= 0.3 is 5.97 Å². The Labute approximate surface area is 450 Å². The molecule has 0 saturated carbocycles. The fourth-order valence-electron chi connectivity index (χ4n) is 10.2. The SMILES string of the molecule is CCCCCCCCCCCCCCCCCC/C=C/C(O)C(CO)NC(=O)CCCCCCCCC/C=C\CCCCCCCCCCCCCCOC(=O)CCCCCCCCCCCCCCCC. The molecule has 426 valence electrons. The predicted molar refractivity (Wildman–Crippen MR) is 315 cm³/mol. The second kappa shape index (κ2) is 61.9. The number of hydrogen-bond acceptors (Lipinski definition) is 5. The van der Waals surface area contributed by atoms with Crippen molar-refractivity contribution in [2.24, 2.45) is 0 Å². The standard InChI is InChI=1S/C66H127NO5/c1-3-5-7-9-11-13-15-17-19-20-28-31-34-38-42-46-50-54-58-64(69)63(62-68)67-65(70)59-55-51-47-43-39-35-32-29-26-24-22-21-23-25-27-30-33-37-41-45-49-53-57-61-72-66(71)60-56-52-48-44-40-36-18-16-14-12-10-8-6-4-2/h24,26,54,58,63-64,68-69H,3-23,25,27-53,55-57,59-62H2,1-2H3,(H,67,70)/b26-24-,58-54+. The summed E-state index contributed by atoms with van der Waals surface area (Å²) in [5, 5.41) is 23.2. The summed E-state index contributed by atoms with van der Waals surface area (Å²) >= 11 is 0. The summed E-state index contributed by atoms with van der Waals surface area (Å²) in [4.78, 5) is 24.5. The van der Waals surface area contributed by atoms with Crippen LogP contribution in [0.4, 0.5) is 0 Å². The molecule has 0 spiro atoms. The molecule has 6 heteroatoms. The van der Waals surface area contributed by atoms with Crippen LogP contribution >= 0.6 is 0 Å². The minimum atomic E-state index is -0.848. The highest BCUT2D eigenvalue weighted by atomic mass is 16.5. The number of aliphatic hydroxyl groups excluding tert-OH is 2. The van der Waals surface area contributed by atoms with Crippen LogP contribution in [0.5, 0.6) is 0 Å². The highest BCUT2D eigenvalue weighted by Gasteiger charge is 2.18. The quantitative estimate of drug-likeness (QED) is 0.0320. The Hall–Kier alpha value is -1.66. The minimum absolute atomic E-state index is 0.0137. The lowest BCUT2D eigenvalue weighted by atomic mass is 10.0. The van der Waals surface area contributed by atoms with Gasteiger partial charge in [-0.1, -0.05) is 314 Å². The monoisotopic (exact) mass is 1010 g/mol. The van der Waals surface area contributed by atoms with E-state index in [0.29, 0.717) is 19.4 Å². The van der Waals surface area contributed by atoms with Crippen LogP contribution < -0.4 is 5.32 Å². The molecule has 0 rings (SSSR count). The van der Waals surface area contributed by atoms with Crippen molar-refractivity contribution in [1.82, 2.24) is 5.32 Å². The molecule has 0 fully saturated rings. The molecule has 0 aromatic heterocycles. The first-order valence-corrected chi connectivity index (χ1v) is 32.6. The first-order chi connectivity index (χ1) is 35.5. The Balaban J connectivity index is 3.43. The topological polar surface area (TPSA) is 95.9 Å². The molecule has 3 N–H and O–H groups in total. The Morgan fingerprint density at radius 3 is 0.986 bits per heavy atom. The smallest absolute Gasteiger partial charge is 0.305 e. The zero-order chi connectivity index (χ0) is 52.2. The van der Waals surface area contributed by atoms with E-state index < -0.39 is 12.1 Å². The van der Waals surface area contributed by atoms with E-state index in [1.165, 1.54) is 289 Å². The third-order valence-corrected chi connectivity index (χ3v) is 15.2. The van der Waals surface area contributed by atoms with E-state index >= 15 is 0 Å². The predicted octanol–water partition coefficient (Wildman–Crippen LogP) is 20.6. The fourth-order valence-corrected chi connectivity index (χ4v) is 10.2. The molecule has 72 heavy (non-hydrogen) atoms. The van der Waals surface area contributed by atoms with Crippen molar-refractivity contribution in [3.63, 3.8) is 0 Å². The van der Waals surface area contributed by atoms with E-state index in [2.05, 4.69) is 31.3 Å². The molecule has 0 aliphatic carbocycles. The molecule has 0 bridgehead atoms. The number of unbranched alkanes of at least 4 members (excludes halogenated alkanes) is 48. The minimum Gasteiger partial charge on any atom is -0.466 e. The van der Waals surface area contributed by atoms with Gasteiger partial charge < -0.3 is 20.3 Å². The maximum Gasteiger partial charge on any atom is 0.305 e. The maximum atomic E-state index is 12.5. The summed E-state index contributed by atoms with van der Waals surface area (Å²) in [5.41, 5.74) is 0. The molecule has 6 nitrogen and oxygen atoms in total. The molecule has 2 unspecified atom stereocenters. The van der Waals surface area contributed by atoms with Gasteiger partial charge in [-0.2, -0.15) is 0 Å². The van der Waals surface area contributed by atoms with Crippen molar-refractivity contribution in [3.05, 3.63) is 24.3 Å². The first kappa shape index (κ1) is 70.3. The Kier molecular flexibility index (Phi) is 60.5. The van der Waals surface area contributed by atoms with Gasteiger partial charge in [0.15, 0.2) is 0 Å². The van der Waals surface area contributed by atoms with E-state index in [4.69, 9.17) is 4.74 Å². The van der Waals surface area contributed by atoms with Crippen LogP contribution in [0.25, 0.3) is 0 Å². The Morgan fingerprint density at radius 1 is 0.375 bits per heavy atom. The van der Waals surface area contributed by atoms with Crippen molar-refractivity contribution in [1.29, 1.82) is 0 Å². The number of hydrogen-bond donors (Lipinski definition) is 3. The number of ether oxygens (including phenoxy) is 1. The number of esters is 1. The van der Waals surface area contributed by atoms with Gasteiger partial charge in [0.1, 0.15) is 0 Å². The summed E-state index contributed by atoms with van der Waals surface area (Å²) < 4.78 is 5.49. The van der Waals surface area contributed by atoms with Gasteiger partial charge in [0.2, 0.25) is 5.91 Å². The molecule has 0 aromatic rings. The second-order valence-electron chi connectivity index (χ2n) is 22.5. The average molecular weight is 1010 g/mol. The van der Waals surface area contributed by atoms with E-state index in [1.54, 1.807) is 6.08 Å². The normalized spacial score (nSPS) is 12.7. The van der Waals surface area contributed by atoms with Gasteiger partial charge in [-0.05, 0) is 57.8 Å². The van der Waals surface area contributed by atoms with Gasteiger partial charge in [0, 0.05) is 12.8 Å². The summed E-state index contributed by atoms with van der Waals surface area (Å²) in [6, 6.07) is -0.632.